The maximum Gasteiger partial charge on any atom is 0.263 e. The van der Waals surface area contributed by atoms with Crippen molar-refractivity contribution in [3.63, 3.8) is 0 Å². The summed E-state index contributed by atoms with van der Waals surface area (Å²) in [7, 11) is -3.64. The fourth-order valence-electron chi connectivity index (χ4n) is 1.55. The summed E-state index contributed by atoms with van der Waals surface area (Å²) in [5.41, 5.74) is 1.55. The molecule has 0 heterocycles. The van der Waals surface area contributed by atoms with E-state index in [1.54, 1.807) is 30.3 Å². The molecule has 0 aliphatic carbocycles. The lowest BCUT2D eigenvalue weighted by Gasteiger charge is -2.11. The fraction of sp³-hybridized carbons (Fsp3) is 0.0769. The van der Waals surface area contributed by atoms with Crippen LogP contribution in [-0.4, -0.2) is 8.42 Å². The average Bonchev–Trinajstić information content (AvgIpc) is 2.36. The molecular weight excluding hydrogens is 474 g/mol. The highest BCUT2D eigenvalue weighted by Gasteiger charge is 2.18. The summed E-state index contributed by atoms with van der Waals surface area (Å²) in [6.45, 7) is 1.94. The van der Waals surface area contributed by atoms with Gasteiger partial charge in [0.05, 0.1) is 0 Å². The van der Waals surface area contributed by atoms with Crippen molar-refractivity contribution < 1.29 is 8.42 Å². The topological polar surface area (TPSA) is 46.2 Å². The summed E-state index contributed by atoms with van der Waals surface area (Å²) in [5, 5.41) is 0. The normalized spacial score (nSPS) is 11.4. The van der Waals surface area contributed by atoms with Gasteiger partial charge in [-0.05, 0) is 58.7 Å². The summed E-state index contributed by atoms with van der Waals surface area (Å²) in [4.78, 5) is 0.184. The molecule has 106 valence electrons. The van der Waals surface area contributed by atoms with Crippen molar-refractivity contribution in [2.24, 2.45) is 0 Å². The average molecular weight is 484 g/mol. The van der Waals surface area contributed by atoms with E-state index in [2.05, 4.69) is 52.5 Å². The predicted octanol–water partition coefficient (Wildman–Crippen LogP) is 5.08. The Hall–Kier alpha value is -0.370. The van der Waals surface area contributed by atoms with Gasteiger partial charge in [-0.1, -0.05) is 37.9 Å². The van der Waals surface area contributed by atoms with Crippen LogP contribution in [0.15, 0.2) is 54.7 Å². The zero-order chi connectivity index (χ0) is 14.9. The SMILES string of the molecule is Cc1ccc(NS(=O)(=O)c2cc(Br)ccc2Br)cc1Br. The Morgan fingerprint density at radius 2 is 1.65 bits per heavy atom. The molecule has 0 bridgehead atoms. The van der Waals surface area contributed by atoms with E-state index in [9.17, 15) is 8.42 Å². The van der Waals surface area contributed by atoms with Crippen LogP contribution in [0.1, 0.15) is 5.56 Å². The number of aryl methyl sites for hydroxylation is 1. The second-order valence-electron chi connectivity index (χ2n) is 4.14. The minimum atomic E-state index is -3.64. The van der Waals surface area contributed by atoms with Crippen LogP contribution in [0, 0.1) is 6.92 Å². The van der Waals surface area contributed by atoms with Crippen LogP contribution >= 0.6 is 47.8 Å². The van der Waals surface area contributed by atoms with Gasteiger partial charge in [0.15, 0.2) is 0 Å². The molecule has 0 saturated heterocycles. The quantitative estimate of drug-likeness (QED) is 0.661. The monoisotopic (exact) mass is 481 g/mol. The third-order valence-electron chi connectivity index (χ3n) is 2.61. The van der Waals surface area contributed by atoms with Crippen LogP contribution < -0.4 is 4.72 Å². The molecule has 0 aliphatic rings. The number of nitrogens with one attached hydrogen (secondary N) is 1. The Labute approximate surface area is 143 Å². The molecule has 2 rings (SSSR count). The number of anilines is 1. The Balaban J connectivity index is 2.40. The van der Waals surface area contributed by atoms with Gasteiger partial charge in [0.1, 0.15) is 4.90 Å². The summed E-state index contributed by atoms with van der Waals surface area (Å²) in [6.07, 6.45) is 0. The summed E-state index contributed by atoms with van der Waals surface area (Å²) in [6, 6.07) is 10.3. The molecule has 0 fully saturated rings. The zero-order valence-corrected chi connectivity index (χ0v) is 15.9. The van der Waals surface area contributed by atoms with E-state index in [-0.39, 0.29) is 4.90 Å². The first kappa shape index (κ1) is 16.0. The van der Waals surface area contributed by atoms with Gasteiger partial charge in [-0.3, -0.25) is 4.72 Å². The first-order valence-corrected chi connectivity index (χ1v) is 9.40. The first-order valence-electron chi connectivity index (χ1n) is 5.53. The van der Waals surface area contributed by atoms with E-state index in [4.69, 9.17) is 0 Å². The Bertz CT molecular complexity index is 760. The van der Waals surface area contributed by atoms with Crippen molar-refractivity contribution in [3.05, 3.63) is 55.4 Å². The van der Waals surface area contributed by atoms with Gasteiger partial charge in [-0.15, -0.1) is 0 Å². The van der Waals surface area contributed by atoms with E-state index < -0.39 is 10.0 Å². The molecule has 20 heavy (non-hydrogen) atoms. The van der Waals surface area contributed by atoms with Crippen LogP contribution in [0.5, 0.6) is 0 Å². The minimum Gasteiger partial charge on any atom is -0.280 e. The van der Waals surface area contributed by atoms with Crippen LogP contribution in [0.4, 0.5) is 5.69 Å². The summed E-state index contributed by atoms with van der Waals surface area (Å²) >= 11 is 9.92. The largest absolute Gasteiger partial charge is 0.280 e. The first-order chi connectivity index (χ1) is 9.29. The van der Waals surface area contributed by atoms with E-state index in [1.165, 1.54) is 0 Å². The lowest BCUT2D eigenvalue weighted by atomic mass is 10.2. The molecule has 0 aliphatic heterocycles. The Morgan fingerprint density at radius 3 is 2.30 bits per heavy atom. The number of sulfonamides is 1. The molecule has 0 atom stereocenters. The molecule has 1 N–H and O–H groups in total. The van der Waals surface area contributed by atoms with Crippen molar-refractivity contribution in [3.8, 4) is 0 Å². The van der Waals surface area contributed by atoms with Crippen LogP contribution in [0.3, 0.4) is 0 Å². The molecule has 0 unspecified atom stereocenters. The van der Waals surface area contributed by atoms with Crippen molar-refractivity contribution in [2.45, 2.75) is 11.8 Å². The van der Waals surface area contributed by atoms with Gasteiger partial charge in [-0.25, -0.2) is 8.42 Å². The number of rotatable bonds is 3. The van der Waals surface area contributed by atoms with E-state index in [0.29, 0.717) is 14.6 Å². The number of hydrogen-bond donors (Lipinski definition) is 1. The summed E-state index contributed by atoms with van der Waals surface area (Å²) < 4.78 is 29.4. The van der Waals surface area contributed by atoms with Crippen molar-refractivity contribution in [1.82, 2.24) is 0 Å². The van der Waals surface area contributed by atoms with Crippen LogP contribution in [-0.2, 0) is 10.0 Å². The highest BCUT2D eigenvalue weighted by molar-refractivity contribution is 9.11. The van der Waals surface area contributed by atoms with Gasteiger partial charge >= 0.3 is 0 Å². The van der Waals surface area contributed by atoms with Gasteiger partial charge < -0.3 is 0 Å². The molecule has 0 aromatic heterocycles. The van der Waals surface area contributed by atoms with Crippen molar-refractivity contribution in [2.75, 3.05) is 4.72 Å². The zero-order valence-electron chi connectivity index (χ0n) is 10.3. The smallest absolute Gasteiger partial charge is 0.263 e. The number of hydrogen-bond acceptors (Lipinski definition) is 2. The lowest BCUT2D eigenvalue weighted by molar-refractivity contribution is 0.600. The van der Waals surface area contributed by atoms with E-state index in [1.807, 2.05) is 13.0 Å². The highest BCUT2D eigenvalue weighted by atomic mass is 79.9. The summed E-state index contributed by atoms with van der Waals surface area (Å²) in [5.74, 6) is 0. The second-order valence-corrected chi connectivity index (χ2v) is 8.42. The second kappa shape index (κ2) is 6.17. The Morgan fingerprint density at radius 1 is 0.950 bits per heavy atom. The molecule has 7 heteroatoms. The van der Waals surface area contributed by atoms with E-state index >= 15 is 0 Å². The van der Waals surface area contributed by atoms with Gasteiger partial charge in [0.25, 0.3) is 10.0 Å². The predicted molar refractivity (Wildman–Crippen MR) is 91.5 cm³/mol. The van der Waals surface area contributed by atoms with Crippen molar-refractivity contribution >= 4 is 63.5 Å². The molecule has 2 aromatic rings. The number of benzene rings is 2. The maximum atomic E-state index is 12.4. The molecule has 2 aromatic carbocycles. The van der Waals surface area contributed by atoms with Crippen molar-refractivity contribution in [1.29, 1.82) is 0 Å². The third kappa shape index (κ3) is 3.63. The van der Waals surface area contributed by atoms with Crippen LogP contribution in [0.2, 0.25) is 0 Å². The minimum absolute atomic E-state index is 0.184. The molecule has 0 spiro atoms. The highest BCUT2D eigenvalue weighted by Crippen LogP contribution is 2.28. The molecule has 0 saturated carbocycles. The van der Waals surface area contributed by atoms with Crippen LogP contribution in [0.25, 0.3) is 0 Å². The standard InChI is InChI=1S/C13H10Br3NO2S/c1-8-2-4-10(7-12(8)16)17-20(18,19)13-6-9(14)3-5-11(13)15/h2-7,17H,1H3. The third-order valence-corrected chi connectivity index (χ3v) is 6.33. The van der Waals surface area contributed by atoms with Gasteiger partial charge in [0.2, 0.25) is 0 Å². The van der Waals surface area contributed by atoms with Gasteiger partial charge in [-0.2, -0.15) is 0 Å². The molecule has 3 nitrogen and oxygen atoms in total. The van der Waals surface area contributed by atoms with E-state index in [0.717, 1.165) is 10.0 Å². The number of halogens is 3. The lowest BCUT2D eigenvalue weighted by Crippen LogP contribution is -2.13. The molecular formula is C13H10Br3NO2S. The van der Waals surface area contributed by atoms with Gasteiger partial charge in [0, 0.05) is 19.1 Å². The fourth-order valence-corrected chi connectivity index (χ4v) is 4.48. The maximum absolute atomic E-state index is 12.4. The molecule has 0 radical (unpaired) electrons. The Kier molecular flexibility index (Phi) is 4.94. The molecule has 0 amide bonds.